The number of imidazole rings is 1. The number of aromatic amines is 1. The molecule has 2 aromatic heterocycles. The number of H-pyrrole nitrogens is 1. The molecule has 2 heterocycles. The fourth-order valence-electron chi connectivity index (χ4n) is 3.00. The van der Waals surface area contributed by atoms with E-state index < -0.39 is 0 Å². The summed E-state index contributed by atoms with van der Waals surface area (Å²) >= 11 is 5.56. The van der Waals surface area contributed by atoms with Gasteiger partial charge in [0.25, 0.3) is 0 Å². The molecule has 1 unspecified atom stereocenters. The first-order valence-electron chi connectivity index (χ1n) is 7.27. The second-order valence-electron chi connectivity index (χ2n) is 5.43. The highest BCUT2D eigenvalue weighted by Crippen LogP contribution is 2.27. The molecule has 0 saturated carbocycles. The van der Waals surface area contributed by atoms with Gasteiger partial charge in [-0.3, -0.25) is 4.57 Å². The summed E-state index contributed by atoms with van der Waals surface area (Å²) in [5.41, 5.74) is 5.68. The zero-order chi connectivity index (χ0) is 15.1. The monoisotopic (exact) mass is 300 g/mol. The van der Waals surface area contributed by atoms with Gasteiger partial charge in [0, 0.05) is 6.54 Å². The lowest BCUT2D eigenvalue weighted by Gasteiger charge is -2.17. The van der Waals surface area contributed by atoms with Crippen molar-refractivity contribution in [2.45, 2.75) is 40.3 Å². The second-order valence-corrected chi connectivity index (χ2v) is 5.82. The van der Waals surface area contributed by atoms with Crippen molar-refractivity contribution < 1.29 is 0 Å². The molecule has 5 heteroatoms. The van der Waals surface area contributed by atoms with Crippen LogP contribution in [0.2, 0.25) is 0 Å². The van der Waals surface area contributed by atoms with E-state index in [-0.39, 0.29) is 6.04 Å². The largest absolute Gasteiger partial charge is 0.328 e. The third kappa shape index (κ3) is 2.12. The van der Waals surface area contributed by atoms with Gasteiger partial charge in [-0.2, -0.15) is 5.10 Å². The highest BCUT2D eigenvalue weighted by molar-refractivity contribution is 7.71. The topological polar surface area (TPSA) is 38.5 Å². The number of benzene rings is 1. The third-order valence-corrected chi connectivity index (χ3v) is 4.40. The molecule has 0 spiro atoms. The Bertz CT molecular complexity index is 853. The Kier molecular flexibility index (Phi) is 3.45. The molecule has 1 aromatic carbocycles. The van der Waals surface area contributed by atoms with E-state index >= 15 is 0 Å². The molecule has 4 nitrogen and oxygen atoms in total. The number of nitrogens with zero attached hydrogens (tertiary/aromatic N) is 3. The van der Waals surface area contributed by atoms with Crippen LogP contribution in [0.1, 0.15) is 36.7 Å². The minimum Gasteiger partial charge on any atom is -0.328 e. The summed E-state index contributed by atoms with van der Waals surface area (Å²) in [5, 5.41) is 4.59. The van der Waals surface area contributed by atoms with Gasteiger partial charge in [-0.25, -0.2) is 4.68 Å². The minimum absolute atomic E-state index is 0.175. The minimum atomic E-state index is 0.175. The van der Waals surface area contributed by atoms with E-state index in [4.69, 9.17) is 12.2 Å². The van der Waals surface area contributed by atoms with Gasteiger partial charge in [-0.05, 0) is 51.0 Å². The molecule has 0 aliphatic carbocycles. The number of hydrogen-bond donors (Lipinski definition) is 1. The highest BCUT2D eigenvalue weighted by Gasteiger charge is 2.19. The standard InChI is InChI=1S/C16H20N4S/c1-5-19-15-14(11(3)18-19)17-16(21)20(15)12(4)13-9-7-6-8-10(13)2/h6-9,12H,5H2,1-4H3,(H,17,21). The second kappa shape index (κ2) is 5.15. The highest BCUT2D eigenvalue weighted by atomic mass is 32.1. The van der Waals surface area contributed by atoms with Crippen LogP contribution in [0.5, 0.6) is 0 Å². The molecule has 3 aromatic rings. The van der Waals surface area contributed by atoms with E-state index in [2.05, 4.69) is 59.7 Å². The van der Waals surface area contributed by atoms with Crippen LogP contribution in [0.15, 0.2) is 24.3 Å². The van der Waals surface area contributed by atoms with Gasteiger partial charge in [-0.1, -0.05) is 24.3 Å². The van der Waals surface area contributed by atoms with Crippen molar-refractivity contribution in [3.05, 3.63) is 45.9 Å². The van der Waals surface area contributed by atoms with Crippen LogP contribution in [0, 0.1) is 18.6 Å². The Morgan fingerprint density at radius 1 is 1.29 bits per heavy atom. The van der Waals surface area contributed by atoms with Gasteiger partial charge in [0.15, 0.2) is 10.4 Å². The molecule has 1 N–H and O–H groups in total. The third-order valence-electron chi connectivity index (χ3n) is 4.10. The van der Waals surface area contributed by atoms with Crippen LogP contribution in [-0.2, 0) is 6.54 Å². The van der Waals surface area contributed by atoms with Crippen LogP contribution >= 0.6 is 12.2 Å². The number of aryl methyl sites for hydroxylation is 3. The first-order chi connectivity index (χ1) is 10.0. The number of hydrogen-bond acceptors (Lipinski definition) is 2. The van der Waals surface area contributed by atoms with Crippen molar-refractivity contribution in [1.29, 1.82) is 0 Å². The summed E-state index contributed by atoms with van der Waals surface area (Å²) in [6.07, 6.45) is 0. The first-order valence-corrected chi connectivity index (χ1v) is 7.68. The maximum absolute atomic E-state index is 5.56. The van der Waals surface area contributed by atoms with E-state index in [0.717, 1.165) is 28.2 Å². The summed E-state index contributed by atoms with van der Waals surface area (Å²) in [5.74, 6) is 0. The number of aromatic nitrogens is 4. The summed E-state index contributed by atoms with van der Waals surface area (Å²) < 4.78 is 4.95. The summed E-state index contributed by atoms with van der Waals surface area (Å²) in [6.45, 7) is 9.28. The fourth-order valence-corrected chi connectivity index (χ4v) is 3.34. The Hall–Kier alpha value is -1.88. The van der Waals surface area contributed by atoms with E-state index in [1.54, 1.807) is 0 Å². The molecule has 0 radical (unpaired) electrons. The summed E-state index contributed by atoms with van der Waals surface area (Å²) in [4.78, 5) is 3.31. The van der Waals surface area contributed by atoms with E-state index in [9.17, 15) is 0 Å². The van der Waals surface area contributed by atoms with Crippen molar-refractivity contribution in [2.24, 2.45) is 0 Å². The van der Waals surface area contributed by atoms with Gasteiger partial charge in [0.05, 0.1) is 11.7 Å². The molecule has 21 heavy (non-hydrogen) atoms. The van der Waals surface area contributed by atoms with Crippen molar-refractivity contribution in [2.75, 3.05) is 0 Å². The zero-order valence-corrected chi connectivity index (χ0v) is 13.7. The Labute approximate surface area is 129 Å². The van der Waals surface area contributed by atoms with Crippen molar-refractivity contribution in [3.8, 4) is 0 Å². The average molecular weight is 300 g/mol. The first kappa shape index (κ1) is 14.1. The lowest BCUT2D eigenvalue weighted by atomic mass is 10.0. The smallest absolute Gasteiger partial charge is 0.179 e. The van der Waals surface area contributed by atoms with Crippen LogP contribution < -0.4 is 0 Å². The van der Waals surface area contributed by atoms with Crippen LogP contribution in [0.3, 0.4) is 0 Å². The summed E-state index contributed by atoms with van der Waals surface area (Å²) in [7, 11) is 0. The number of fused-ring (bicyclic) bond motifs is 1. The molecule has 3 rings (SSSR count). The quantitative estimate of drug-likeness (QED) is 0.738. The van der Waals surface area contributed by atoms with Gasteiger partial charge in [0.2, 0.25) is 0 Å². The molecule has 0 amide bonds. The maximum Gasteiger partial charge on any atom is 0.179 e. The molecular weight excluding hydrogens is 280 g/mol. The van der Waals surface area contributed by atoms with Gasteiger partial charge < -0.3 is 4.98 Å². The zero-order valence-electron chi connectivity index (χ0n) is 12.8. The van der Waals surface area contributed by atoms with E-state index in [0.29, 0.717) is 0 Å². The van der Waals surface area contributed by atoms with Crippen molar-refractivity contribution in [3.63, 3.8) is 0 Å². The number of rotatable bonds is 3. The predicted octanol–water partition coefficient (Wildman–Crippen LogP) is 4.14. The van der Waals surface area contributed by atoms with Gasteiger partial charge >= 0.3 is 0 Å². The Balaban J connectivity index is 2.27. The van der Waals surface area contributed by atoms with Crippen LogP contribution in [0.4, 0.5) is 0 Å². The predicted molar refractivity (Wildman–Crippen MR) is 88.3 cm³/mol. The molecule has 0 bridgehead atoms. The molecule has 1 atom stereocenters. The Morgan fingerprint density at radius 2 is 2.00 bits per heavy atom. The van der Waals surface area contributed by atoms with Gasteiger partial charge in [-0.15, -0.1) is 0 Å². The summed E-state index contributed by atoms with van der Waals surface area (Å²) in [6, 6.07) is 8.63. The molecule has 0 aliphatic rings. The van der Waals surface area contributed by atoms with E-state index in [1.807, 2.05) is 11.6 Å². The van der Waals surface area contributed by atoms with Crippen LogP contribution in [0.25, 0.3) is 11.2 Å². The molecule has 0 aliphatic heterocycles. The number of nitrogens with one attached hydrogen (secondary N) is 1. The molecule has 110 valence electrons. The fraction of sp³-hybridized carbons (Fsp3) is 0.375. The van der Waals surface area contributed by atoms with Crippen molar-refractivity contribution >= 4 is 23.4 Å². The molecular formula is C16H20N4S. The van der Waals surface area contributed by atoms with Crippen molar-refractivity contribution in [1.82, 2.24) is 19.3 Å². The lowest BCUT2D eigenvalue weighted by molar-refractivity contribution is 0.594. The van der Waals surface area contributed by atoms with E-state index in [1.165, 1.54) is 11.1 Å². The lowest BCUT2D eigenvalue weighted by Crippen LogP contribution is -2.11. The van der Waals surface area contributed by atoms with Gasteiger partial charge in [0.1, 0.15) is 5.52 Å². The maximum atomic E-state index is 5.56. The Morgan fingerprint density at radius 3 is 2.67 bits per heavy atom. The van der Waals surface area contributed by atoms with Crippen LogP contribution in [-0.4, -0.2) is 19.3 Å². The SMILES string of the molecule is CCn1nc(C)c2[nH]c(=S)n(C(C)c3ccccc3C)c21. The molecule has 0 fully saturated rings. The molecule has 0 saturated heterocycles. The average Bonchev–Trinajstić information content (AvgIpc) is 2.95. The normalized spacial score (nSPS) is 13.0.